The molecule has 0 radical (unpaired) electrons. The molecule has 5 aliphatic carbocycles. The second-order valence-corrected chi connectivity index (χ2v) is 11.1. The van der Waals surface area contributed by atoms with Crippen LogP contribution in [0.25, 0.3) is 0 Å². The Balaban J connectivity index is 1.42. The highest BCUT2D eigenvalue weighted by Gasteiger charge is 2.59. The number of rotatable bonds is 4. The van der Waals surface area contributed by atoms with Crippen LogP contribution < -0.4 is 5.32 Å². The van der Waals surface area contributed by atoms with Gasteiger partial charge in [-0.3, -0.25) is 0 Å². The third-order valence-corrected chi connectivity index (χ3v) is 8.91. The Morgan fingerprint density at radius 1 is 1.00 bits per heavy atom. The Bertz CT molecular complexity index is 651. The maximum atomic E-state index is 6.19. The fourth-order valence-electron chi connectivity index (χ4n) is 7.87. The van der Waals surface area contributed by atoms with E-state index in [1.54, 1.807) is 5.56 Å². The highest BCUT2D eigenvalue weighted by atomic mass is 35.5. The highest BCUT2D eigenvalue weighted by molar-refractivity contribution is 6.30. The van der Waals surface area contributed by atoms with Crippen LogP contribution in [0.2, 0.25) is 5.02 Å². The van der Waals surface area contributed by atoms with Gasteiger partial charge in [-0.2, -0.15) is 0 Å². The lowest BCUT2D eigenvalue weighted by Gasteiger charge is -2.64. The van der Waals surface area contributed by atoms with Gasteiger partial charge in [0.15, 0.2) is 0 Å². The van der Waals surface area contributed by atoms with Crippen molar-refractivity contribution in [3.63, 3.8) is 0 Å². The molecule has 26 heavy (non-hydrogen) atoms. The Labute approximate surface area is 164 Å². The molecule has 1 aromatic carbocycles. The van der Waals surface area contributed by atoms with Crippen molar-refractivity contribution in [2.45, 2.75) is 89.1 Å². The Morgan fingerprint density at radius 2 is 1.69 bits per heavy atom. The lowest BCUT2D eigenvalue weighted by Crippen LogP contribution is -2.60. The molecule has 0 aromatic heterocycles. The van der Waals surface area contributed by atoms with E-state index < -0.39 is 0 Å². The molecule has 5 fully saturated rings. The van der Waals surface area contributed by atoms with Crippen molar-refractivity contribution in [1.82, 2.24) is 5.32 Å². The smallest absolute Gasteiger partial charge is 0.0406 e. The molecule has 5 saturated carbocycles. The summed E-state index contributed by atoms with van der Waals surface area (Å²) in [7, 11) is 0. The van der Waals surface area contributed by atoms with Crippen molar-refractivity contribution in [1.29, 1.82) is 0 Å². The average molecular weight is 372 g/mol. The molecular weight excluding hydrogens is 338 g/mol. The minimum absolute atomic E-state index is 0.424. The van der Waals surface area contributed by atoms with Crippen molar-refractivity contribution < 1.29 is 0 Å². The summed E-state index contributed by atoms with van der Waals surface area (Å²) in [6.07, 6.45) is 12.8. The van der Waals surface area contributed by atoms with Gasteiger partial charge in [0, 0.05) is 17.1 Å². The number of benzene rings is 1. The van der Waals surface area contributed by atoms with E-state index in [1.165, 1.54) is 57.8 Å². The van der Waals surface area contributed by atoms with Crippen molar-refractivity contribution in [2.75, 3.05) is 0 Å². The average Bonchev–Trinajstić information content (AvgIpc) is 2.99. The number of hydrogen-bond acceptors (Lipinski definition) is 1. The van der Waals surface area contributed by atoms with E-state index in [9.17, 15) is 0 Å². The Kier molecular flexibility index (Phi) is 4.22. The van der Waals surface area contributed by atoms with Gasteiger partial charge >= 0.3 is 0 Å². The first-order valence-corrected chi connectivity index (χ1v) is 11.4. The maximum Gasteiger partial charge on any atom is 0.0406 e. The van der Waals surface area contributed by atoms with Crippen molar-refractivity contribution in [2.24, 2.45) is 23.2 Å². The van der Waals surface area contributed by atoms with Gasteiger partial charge in [-0.25, -0.2) is 0 Å². The highest BCUT2D eigenvalue weighted by Crippen LogP contribution is 2.66. The van der Waals surface area contributed by atoms with Crippen molar-refractivity contribution >= 4 is 11.6 Å². The maximum absolute atomic E-state index is 6.19. The molecule has 0 amide bonds. The quantitative estimate of drug-likeness (QED) is 0.650. The van der Waals surface area contributed by atoms with Crippen LogP contribution in [0.15, 0.2) is 24.3 Å². The molecule has 1 nitrogen and oxygen atoms in total. The van der Waals surface area contributed by atoms with Gasteiger partial charge in [-0.1, -0.05) is 30.7 Å². The van der Waals surface area contributed by atoms with Crippen LogP contribution in [0, 0.1) is 23.2 Å². The topological polar surface area (TPSA) is 12.0 Å². The lowest BCUT2D eigenvalue weighted by atomic mass is 9.41. The second kappa shape index (κ2) is 6.24. The fraction of sp³-hybridized carbons (Fsp3) is 0.750. The summed E-state index contributed by atoms with van der Waals surface area (Å²) in [5.41, 5.74) is 2.52. The molecule has 2 heteroatoms. The number of hydrogen-bond donors (Lipinski definition) is 1. The van der Waals surface area contributed by atoms with Gasteiger partial charge in [0.1, 0.15) is 0 Å². The van der Waals surface area contributed by atoms with Gasteiger partial charge in [-0.15, -0.1) is 0 Å². The van der Waals surface area contributed by atoms with E-state index in [0.29, 0.717) is 16.9 Å². The first-order valence-electron chi connectivity index (χ1n) is 11.0. The summed E-state index contributed by atoms with van der Waals surface area (Å²) < 4.78 is 0. The monoisotopic (exact) mass is 371 g/mol. The zero-order valence-electron chi connectivity index (χ0n) is 16.4. The largest absolute Gasteiger partial charge is 0.311 e. The summed E-state index contributed by atoms with van der Waals surface area (Å²) in [5, 5.41) is 5.00. The van der Waals surface area contributed by atoms with Gasteiger partial charge in [-0.05, 0) is 111 Å². The van der Waals surface area contributed by atoms with E-state index in [1.807, 2.05) is 0 Å². The first-order chi connectivity index (χ1) is 12.5. The zero-order chi connectivity index (χ0) is 17.9. The van der Waals surface area contributed by atoms with E-state index in [2.05, 4.69) is 43.4 Å². The molecule has 0 saturated heterocycles. The van der Waals surface area contributed by atoms with Gasteiger partial charge in [0.2, 0.25) is 0 Å². The number of nitrogens with one attached hydrogen (secondary N) is 1. The standard InChI is InChI=1S/C24H34ClN/c1-16-3-8-22(9-16)26-17(2)23-11-18-10-19(12-23)14-24(13-18,15-23)20-4-6-21(25)7-5-20/h4-7,16-19,22,26H,3,8-15H2,1-2H3/t16-,17+,18-,19-,22-,23?,24?/m1/s1. The first kappa shape index (κ1) is 17.6. The lowest BCUT2D eigenvalue weighted by molar-refractivity contribution is -0.0895. The van der Waals surface area contributed by atoms with E-state index in [4.69, 9.17) is 11.6 Å². The van der Waals surface area contributed by atoms with Gasteiger partial charge in [0.25, 0.3) is 0 Å². The third kappa shape index (κ3) is 2.85. The van der Waals surface area contributed by atoms with Crippen LogP contribution in [0.4, 0.5) is 0 Å². The molecular formula is C24H34ClN. The van der Waals surface area contributed by atoms with Gasteiger partial charge in [0.05, 0.1) is 0 Å². The summed E-state index contributed by atoms with van der Waals surface area (Å²) in [4.78, 5) is 0. The number of halogens is 1. The molecule has 4 bridgehead atoms. The van der Waals surface area contributed by atoms with Crippen LogP contribution in [0.3, 0.4) is 0 Å². The molecule has 142 valence electrons. The SMILES string of the molecule is C[C@@H]1CC[C@@H](N[C@@H](C)C23C[C@H]4C[C@@H](CC(c5ccc(Cl)cc5)(C4)C2)C3)C1. The molecule has 0 aliphatic heterocycles. The minimum Gasteiger partial charge on any atom is -0.311 e. The summed E-state index contributed by atoms with van der Waals surface area (Å²) in [6.45, 7) is 4.94. The predicted molar refractivity (Wildman–Crippen MR) is 110 cm³/mol. The van der Waals surface area contributed by atoms with E-state index in [0.717, 1.165) is 28.8 Å². The molecule has 5 atom stereocenters. The van der Waals surface area contributed by atoms with E-state index >= 15 is 0 Å². The Hall–Kier alpha value is -0.530. The van der Waals surface area contributed by atoms with E-state index in [-0.39, 0.29) is 0 Å². The van der Waals surface area contributed by atoms with Gasteiger partial charge < -0.3 is 5.32 Å². The summed E-state index contributed by atoms with van der Waals surface area (Å²) in [6, 6.07) is 10.3. The fourth-order valence-corrected chi connectivity index (χ4v) is 8.00. The minimum atomic E-state index is 0.424. The molecule has 0 spiro atoms. The molecule has 1 aromatic rings. The molecule has 1 N–H and O–H groups in total. The molecule has 5 aliphatic rings. The molecule has 0 unspecified atom stereocenters. The zero-order valence-corrected chi connectivity index (χ0v) is 17.2. The summed E-state index contributed by atoms with van der Waals surface area (Å²) in [5.74, 6) is 2.80. The third-order valence-electron chi connectivity index (χ3n) is 8.66. The second-order valence-electron chi connectivity index (χ2n) is 10.6. The Morgan fingerprint density at radius 3 is 2.31 bits per heavy atom. The molecule has 0 heterocycles. The summed E-state index contributed by atoms with van der Waals surface area (Å²) >= 11 is 6.19. The van der Waals surface area contributed by atoms with Crippen LogP contribution in [-0.4, -0.2) is 12.1 Å². The normalized spacial score (nSPS) is 45.2. The van der Waals surface area contributed by atoms with Crippen molar-refractivity contribution in [3.8, 4) is 0 Å². The van der Waals surface area contributed by atoms with Crippen molar-refractivity contribution in [3.05, 3.63) is 34.9 Å². The van der Waals surface area contributed by atoms with Crippen LogP contribution in [0.5, 0.6) is 0 Å². The molecule has 6 rings (SSSR count). The predicted octanol–water partition coefficient (Wildman–Crippen LogP) is 6.34. The van der Waals surface area contributed by atoms with Crippen LogP contribution >= 0.6 is 11.6 Å². The van der Waals surface area contributed by atoms with Crippen LogP contribution in [-0.2, 0) is 5.41 Å². The van der Waals surface area contributed by atoms with Crippen LogP contribution in [0.1, 0.15) is 77.2 Å².